The molecule has 3 rings (SSSR count). The van der Waals surface area contributed by atoms with E-state index in [9.17, 15) is 4.79 Å². The first-order valence-electron chi connectivity index (χ1n) is 7.67. The first kappa shape index (κ1) is 15.9. The molecule has 0 radical (unpaired) electrons. The molecule has 0 bridgehead atoms. The van der Waals surface area contributed by atoms with Crippen LogP contribution in [0.3, 0.4) is 0 Å². The topological polar surface area (TPSA) is 104 Å². The van der Waals surface area contributed by atoms with Crippen molar-refractivity contribution in [3.8, 4) is 0 Å². The van der Waals surface area contributed by atoms with Crippen LogP contribution in [0.25, 0.3) is 10.4 Å². The van der Waals surface area contributed by atoms with E-state index in [1.807, 2.05) is 30.3 Å². The Labute approximate surface area is 138 Å². The maximum absolute atomic E-state index is 12.2. The van der Waals surface area contributed by atoms with E-state index in [1.54, 1.807) is 4.90 Å². The fourth-order valence-electron chi connectivity index (χ4n) is 2.80. The normalized spacial score (nSPS) is 18.0. The molecule has 8 heteroatoms. The van der Waals surface area contributed by atoms with Gasteiger partial charge in [0, 0.05) is 18.0 Å². The molecule has 2 aromatic rings. The molecule has 1 saturated heterocycles. The minimum absolute atomic E-state index is 0.0381. The fourth-order valence-corrected chi connectivity index (χ4v) is 2.80. The Morgan fingerprint density at radius 1 is 1.50 bits per heavy atom. The van der Waals surface area contributed by atoms with Gasteiger partial charge in [0.2, 0.25) is 5.89 Å². The van der Waals surface area contributed by atoms with Crippen LogP contribution in [0.15, 0.2) is 52.3 Å². The minimum Gasteiger partial charge on any atom is -0.449 e. The molecule has 2 heterocycles. The van der Waals surface area contributed by atoms with Crippen molar-refractivity contribution in [2.45, 2.75) is 19.1 Å². The highest BCUT2D eigenvalue weighted by Gasteiger charge is 2.35. The van der Waals surface area contributed by atoms with Crippen molar-refractivity contribution in [2.75, 3.05) is 13.1 Å². The molecule has 0 aliphatic carbocycles. The van der Waals surface area contributed by atoms with Gasteiger partial charge in [-0.2, -0.15) is 0 Å². The van der Waals surface area contributed by atoms with Crippen LogP contribution in [0.2, 0.25) is 0 Å². The molecule has 0 N–H and O–H groups in total. The minimum atomic E-state index is -0.517. The number of benzene rings is 1. The van der Waals surface area contributed by atoms with E-state index in [1.165, 1.54) is 12.5 Å². The molecular weight excluding hydrogens is 310 g/mol. The molecule has 1 aliphatic heterocycles. The summed E-state index contributed by atoms with van der Waals surface area (Å²) in [6, 6.07) is 9.00. The van der Waals surface area contributed by atoms with Crippen LogP contribution in [0.5, 0.6) is 0 Å². The summed E-state index contributed by atoms with van der Waals surface area (Å²) in [6.45, 7) is 1.23. The second-order valence-electron chi connectivity index (χ2n) is 5.56. The summed E-state index contributed by atoms with van der Waals surface area (Å²) >= 11 is 0. The molecule has 2 atom stereocenters. The lowest BCUT2D eigenvalue weighted by Crippen LogP contribution is -2.30. The van der Waals surface area contributed by atoms with Crippen molar-refractivity contribution in [3.63, 3.8) is 0 Å². The lowest BCUT2D eigenvalue weighted by molar-refractivity contribution is 0.102. The molecule has 0 saturated carbocycles. The van der Waals surface area contributed by atoms with Gasteiger partial charge in [0.15, 0.2) is 0 Å². The molecule has 1 fully saturated rings. The van der Waals surface area contributed by atoms with Gasteiger partial charge in [-0.3, -0.25) is 0 Å². The Kier molecular flexibility index (Phi) is 4.98. The Morgan fingerprint density at radius 2 is 2.33 bits per heavy atom. The molecule has 1 aliphatic rings. The van der Waals surface area contributed by atoms with E-state index in [0.29, 0.717) is 25.4 Å². The van der Waals surface area contributed by atoms with Gasteiger partial charge < -0.3 is 14.1 Å². The molecule has 24 heavy (non-hydrogen) atoms. The molecule has 1 aromatic heterocycles. The predicted octanol–water partition coefficient (Wildman–Crippen LogP) is 3.68. The Morgan fingerprint density at radius 3 is 3.04 bits per heavy atom. The summed E-state index contributed by atoms with van der Waals surface area (Å²) in [5.74, 6) is 0.334. The summed E-state index contributed by atoms with van der Waals surface area (Å²) in [7, 11) is 0. The Hall–Kier alpha value is -2.99. The number of oxazole rings is 1. The quantitative estimate of drug-likeness (QED) is 0.474. The zero-order valence-electron chi connectivity index (χ0n) is 13.0. The van der Waals surface area contributed by atoms with Crippen molar-refractivity contribution in [1.29, 1.82) is 0 Å². The van der Waals surface area contributed by atoms with Gasteiger partial charge in [0.05, 0.1) is 6.20 Å². The smallest absolute Gasteiger partial charge is 0.410 e. The van der Waals surface area contributed by atoms with Gasteiger partial charge in [0.25, 0.3) is 0 Å². The van der Waals surface area contributed by atoms with Crippen LogP contribution < -0.4 is 0 Å². The van der Waals surface area contributed by atoms with Crippen molar-refractivity contribution in [2.24, 2.45) is 11.0 Å². The van der Waals surface area contributed by atoms with Gasteiger partial charge in [0.1, 0.15) is 18.9 Å². The number of ether oxygens (including phenoxy) is 1. The molecule has 1 aromatic carbocycles. The molecule has 0 spiro atoms. The number of aromatic nitrogens is 1. The number of hydrogen-bond acceptors (Lipinski definition) is 5. The van der Waals surface area contributed by atoms with Crippen LogP contribution in [0, 0.1) is 5.92 Å². The standard InChI is InChI=1S/C16H17N5O3/c17-20-19-14(15-18-7-9-23-15)13-6-8-21(10-13)16(22)24-11-12-4-2-1-3-5-12/h1-5,7,9,13-14H,6,8,10-11H2. The van der Waals surface area contributed by atoms with Gasteiger partial charge in [-0.25, -0.2) is 9.78 Å². The van der Waals surface area contributed by atoms with Crippen LogP contribution in [0.4, 0.5) is 4.79 Å². The third-order valence-corrected chi connectivity index (χ3v) is 4.02. The lowest BCUT2D eigenvalue weighted by atomic mass is 10.00. The van der Waals surface area contributed by atoms with Crippen LogP contribution in [-0.2, 0) is 11.3 Å². The highest BCUT2D eigenvalue weighted by molar-refractivity contribution is 5.68. The van der Waals surface area contributed by atoms with E-state index in [-0.39, 0.29) is 18.6 Å². The lowest BCUT2D eigenvalue weighted by Gasteiger charge is -2.18. The van der Waals surface area contributed by atoms with E-state index < -0.39 is 6.04 Å². The zero-order valence-corrected chi connectivity index (χ0v) is 13.0. The largest absolute Gasteiger partial charge is 0.449 e. The Bertz CT molecular complexity index is 713. The monoisotopic (exact) mass is 327 g/mol. The number of azide groups is 1. The maximum atomic E-state index is 12.2. The molecular formula is C16H17N5O3. The molecule has 2 unspecified atom stereocenters. The highest BCUT2D eigenvalue weighted by Crippen LogP contribution is 2.32. The number of carbonyl (C=O) groups is 1. The number of amides is 1. The van der Waals surface area contributed by atoms with Gasteiger partial charge >= 0.3 is 6.09 Å². The number of nitrogens with zero attached hydrogens (tertiary/aromatic N) is 5. The van der Waals surface area contributed by atoms with Crippen LogP contribution >= 0.6 is 0 Å². The first-order chi connectivity index (χ1) is 11.8. The first-order valence-corrected chi connectivity index (χ1v) is 7.67. The van der Waals surface area contributed by atoms with E-state index in [2.05, 4.69) is 15.0 Å². The van der Waals surface area contributed by atoms with Gasteiger partial charge in [-0.05, 0) is 23.4 Å². The molecule has 124 valence electrons. The zero-order chi connectivity index (χ0) is 16.8. The third-order valence-electron chi connectivity index (χ3n) is 4.02. The van der Waals surface area contributed by atoms with Crippen molar-refractivity contribution < 1.29 is 13.9 Å². The summed E-state index contributed by atoms with van der Waals surface area (Å²) < 4.78 is 10.6. The maximum Gasteiger partial charge on any atom is 0.410 e. The van der Waals surface area contributed by atoms with Gasteiger partial charge in [-0.1, -0.05) is 35.4 Å². The molecule has 1 amide bonds. The summed E-state index contributed by atoms with van der Waals surface area (Å²) in [6.07, 6.45) is 3.28. The van der Waals surface area contributed by atoms with Crippen molar-refractivity contribution >= 4 is 6.09 Å². The summed E-state index contributed by atoms with van der Waals surface area (Å²) in [4.78, 5) is 20.7. The van der Waals surface area contributed by atoms with Crippen molar-refractivity contribution in [1.82, 2.24) is 9.88 Å². The van der Waals surface area contributed by atoms with E-state index in [0.717, 1.165) is 5.56 Å². The highest BCUT2D eigenvalue weighted by atomic mass is 16.6. The number of carbonyl (C=O) groups excluding carboxylic acids is 1. The number of likely N-dealkylation sites (tertiary alicyclic amines) is 1. The SMILES string of the molecule is [N-]=[N+]=NC(c1ncco1)C1CCN(C(=O)OCc2ccccc2)C1. The van der Waals surface area contributed by atoms with Crippen LogP contribution in [-0.4, -0.2) is 29.1 Å². The van der Waals surface area contributed by atoms with Gasteiger partial charge in [-0.15, -0.1) is 0 Å². The summed E-state index contributed by atoms with van der Waals surface area (Å²) in [5.41, 5.74) is 9.70. The predicted molar refractivity (Wildman–Crippen MR) is 84.7 cm³/mol. The molecule has 8 nitrogen and oxygen atoms in total. The van der Waals surface area contributed by atoms with E-state index >= 15 is 0 Å². The average Bonchev–Trinajstić information content (AvgIpc) is 3.30. The van der Waals surface area contributed by atoms with E-state index in [4.69, 9.17) is 14.7 Å². The third kappa shape index (κ3) is 3.67. The number of hydrogen-bond donors (Lipinski definition) is 0. The summed E-state index contributed by atoms with van der Waals surface area (Å²) in [5, 5.41) is 3.78. The Balaban J connectivity index is 1.58. The average molecular weight is 327 g/mol. The fraction of sp³-hybridized carbons (Fsp3) is 0.375. The van der Waals surface area contributed by atoms with Crippen molar-refractivity contribution in [3.05, 3.63) is 64.7 Å². The number of rotatable bonds is 5. The second-order valence-corrected chi connectivity index (χ2v) is 5.56. The second kappa shape index (κ2) is 7.52. The van der Waals surface area contributed by atoms with Crippen LogP contribution in [0.1, 0.15) is 23.9 Å².